The van der Waals surface area contributed by atoms with Crippen LogP contribution in [0, 0.1) is 0 Å². The lowest BCUT2D eigenvalue weighted by molar-refractivity contribution is 0.0302. The molecule has 0 aliphatic heterocycles. The van der Waals surface area contributed by atoms with E-state index >= 15 is 0 Å². The number of oxime groups is 1. The van der Waals surface area contributed by atoms with Crippen LogP contribution in [0.4, 0.5) is 0 Å². The van der Waals surface area contributed by atoms with E-state index in [-0.39, 0.29) is 5.84 Å². The van der Waals surface area contributed by atoms with E-state index < -0.39 is 0 Å². The van der Waals surface area contributed by atoms with Gasteiger partial charge < -0.3 is 21.0 Å². The Labute approximate surface area is 125 Å². The first-order chi connectivity index (χ1) is 10.3. The van der Waals surface area contributed by atoms with Crippen molar-refractivity contribution in [1.29, 1.82) is 0 Å². The van der Waals surface area contributed by atoms with Crippen molar-refractivity contribution in [2.24, 2.45) is 10.9 Å². The molecule has 116 valence electrons. The molecule has 6 heteroatoms. The van der Waals surface area contributed by atoms with Crippen LogP contribution < -0.4 is 11.1 Å². The third-order valence-electron chi connectivity index (χ3n) is 3.74. The maximum absolute atomic E-state index is 8.75. The van der Waals surface area contributed by atoms with Crippen LogP contribution in [0.25, 0.3) is 0 Å². The highest BCUT2D eigenvalue weighted by atomic mass is 16.5. The van der Waals surface area contributed by atoms with Crippen LogP contribution in [-0.4, -0.2) is 35.3 Å². The number of nitrogens with zero attached hydrogens (tertiary/aromatic N) is 2. The van der Waals surface area contributed by atoms with Crippen molar-refractivity contribution in [3.8, 4) is 0 Å². The summed E-state index contributed by atoms with van der Waals surface area (Å²) in [7, 11) is 0. The fourth-order valence-corrected chi connectivity index (χ4v) is 2.61. The summed E-state index contributed by atoms with van der Waals surface area (Å²) in [5.41, 5.74) is 7.03. The molecular weight excluding hydrogens is 268 g/mol. The molecule has 2 rings (SSSR count). The normalized spacial score (nSPS) is 17.0. The van der Waals surface area contributed by atoms with Gasteiger partial charge in [-0.2, -0.15) is 0 Å². The van der Waals surface area contributed by atoms with E-state index in [0.717, 1.165) is 12.1 Å². The Balaban J connectivity index is 1.71. The Morgan fingerprint density at radius 3 is 3.00 bits per heavy atom. The topological polar surface area (TPSA) is 92.8 Å². The molecule has 0 bridgehead atoms. The van der Waals surface area contributed by atoms with Gasteiger partial charge in [-0.1, -0.05) is 30.5 Å². The molecule has 0 saturated heterocycles. The van der Waals surface area contributed by atoms with E-state index in [1.807, 2.05) is 12.1 Å². The molecule has 1 fully saturated rings. The van der Waals surface area contributed by atoms with Gasteiger partial charge in [0.2, 0.25) is 0 Å². The first-order valence-corrected chi connectivity index (χ1v) is 7.55. The first kappa shape index (κ1) is 15.7. The minimum absolute atomic E-state index is 0.0332. The van der Waals surface area contributed by atoms with Gasteiger partial charge in [-0.05, 0) is 24.5 Å². The summed E-state index contributed by atoms with van der Waals surface area (Å²) in [5, 5.41) is 15.1. The van der Waals surface area contributed by atoms with Crippen molar-refractivity contribution in [2.75, 3.05) is 13.2 Å². The lowest BCUT2D eigenvalue weighted by Crippen LogP contribution is -2.26. The van der Waals surface area contributed by atoms with Crippen LogP contribution >= 0.6 is 0 Å². The van der Waals surface area contributed by atoms with Crippen LogP contribution in [0.5, 0.6) is 0 Å². The van der Waals surface area contributed by atoms with Crippen molar-refractivity contribution < 1.29 is 9.94 Å². The summed E-state index contributed by atoms with van der Waals surface area (Å²) in [6.07, 6.45) is 8.37. The highest BCUT2D eigenvalue weighted by Gasteiger charge is 2.13. The molecule has 1 aliphatic carbocycles. The minimum Gasteiger partial charge on any atom is -0.409 e. The third kappa shape index (κ3) is 4.99. The Hall–Kier alpha value is -1.66. The fraction of sp³-hybridized carbons (Fsp3) is 0.600. The molecule has 0 radical (unpaired) electrons. The molecule has 0 spiro atoms. The maximum atomic E-state index is 8.75. The number of ether oxygens (including phenoxy) is 1. The molecular formula is C15H24N4O2. The number of rotatable bonds is 7. The third-order valence-corrected chi connectivity index (χ3v) is 3.74. The Morgan fingerprint density at radius 2 is 2.24 bits per heavy atom. The summed E-state index contributed by atoms with van der Waals surface area (Å²) in [6, 6.07) is 3.75. The van der Waals surface area contributed by atoms with Gasteiger partial charge in [-0.15, -0.1) is 0 Å². The van der Waals surface area contributed by atoms with E-state index in [0.29, 0.717) is 24.9 Å². The van der Waals surface area contributed by atoms with E-state index in [1.54, 1.807) is 6.20 Å². The molecule has 1 saturated carbocycles. The molecule has 0 unspecified atom stereocenters. The van der Waals surface area contributed by atoms with Crippen molar-refractivity contribution in [3.05, 3.63) is 29.6 Å². The highest BCUT2D eigenvalue weighted by Crippen LogP contribution is 2.19. The van der Waals surface area contributed by atoms with Crippen LogP contribution in [0.1, 0.15) is 43.4 Å². The van der Waals surface area contributed by atoms with Gasteiger partial charge in [-0.25, -0.2) is 0 Å². The van der Waals surface area contributed by atoms with E-state index in [2.05, 4.69) is 15.5 Å². The second kappa shape index (κ2) is 8.59. The van der Waals surface area contributed by atoms with E-state index in [4.69, 9.17) is 15.7 Å². The molecule has 21 heavy (non-hydrogen) atoms. The predicted octanol–water partition coefficient (Wildman–Crippen LogP) is 1.61. The summed E-state index contributed by atoms with van der Waals surface area (Å²) in [5.74, 6) is 0.0332. The monoisotopic (exact) mass is 292 g/mol. The molecule has 6 nitrogen and oxygen atoms in total. The quantitative estimate of drug-likeness (QED) is 0.233. The van der Waals surface area contributed by atoms with Gasteiger partial charge >= 0.3 is 0 Å². The fourth-order valence-electron chi connectivity index (χ4n) is 2.61. The molecule has 4 N–H and O–H groups in total. The predicted molar refractivity (Wildman–Crippen MR) is 81.3 cm³/mol. The highest BCUT2D eigenvalue weighted by molar-refractivity contribution is 5.96. The van der Waals surface area contributed by atoms with Crippen LogP contribution in [0.2, 0.25) is 0 Å². The van der Waals surface area contributed by atoms with Crippen LogP contribution in [-0.2, 0) is 11.3 Å². The SMILES string of the molecule is NC(=NO)c1ncccc1CNCCOC1CCCCC1. The maximum Gasteiger partial charge on any atom is 0.189 e. The Kier molecular flexibility index (Phi) is 6.43. The molecule has 1 aromatic heterocycles. The molecule has 1 aromatic rings. The van der Waals surface area contributed by atoms with Gasteiger partial charge in [-0.3, -0.25) is 4.98 Å². The summed E-state index contributed by atoms with van der Waals surface area (Å²) < 4.78 is 5.85. The van der Waals surface area contributed by atoms with Gasteiger partial charge in [0.1, 0.15) is 5.69 Å². The van der Waals surface area contributed by atoms with E-state index in [1.165, 1.54) is 32.1 Å². The number of nitrogens with two attached hydrogens (primary N) is 1. The Morgan fingerprint density at radius 1 is 1.43 bits per heavy atom. The Bertz CT molecular complexity index is 459. The van der Waals surface area contributed by atoms with Gasteiger partial charge in [0.05, 0.1) is 12.7 Å². The lowest BCUT2D eigenvalue weighted by Gasteiger charge is -2.22. The molecule has 1 aliphatic rings. The number of hydrogen-bond donors (Lipinski definition) is 3. The van der Waals surface area contributed by atoms with Gasteiger partial charge in [0.25, 0.3) is 0 Å². The largest absolute Gasteiger partial charge is 0.409 e. The molecule has 0 amide bonds. The molecule has 0 aromatic carbocycles. The second-order valence-electron chi connectivity index (χ2n) is 5.30. The zero-order valence-corrected chi connectivity index (χ0v) is 12.3. The van der Waals surface area contributed by atoms with Crippen LogP contribution in [0.15, 0.2) is 23.5 Å². The second-order valence-corrected chi connectivity index (χ2v) is 5.30. The minimum atomic E-state index is 0.0332. The summed E-state index contributed by atoms with van der Waals surface area (Å²) in [4.78, 5) is 4.13. The number of amidine groups is 1. The lowest BCUT2D eigenvalue weighted by atomic mass is 9.98. The molecule has 1 heterocycles. The zero-order valence-electron chi connectivity index (χ0n) is 12.3. The average Bonchev–Trinajstić information content (AvgIpc) is 2.55. The smallest absolute Gasteiger partial charge is 0.189 e. The van der Waals surface area contributed by atoms with Crippen molar-refractivity contribution in [2.45, 2.75) is 44.8 Å². The summed E-state index contributed by atoms with van der Waals surface area (Å²) >= 11 is 0. The number of nitrogens with one attached hydrogen (secondary N) is 1. The molecule has 0 atom stereocenters. The van der Waals surface area contributed by atoms with E-state index in [9.17, 15) is 0 Å². The first-order valence-electron chi connectivity index (χ1n) is 7.55. The summed E-state index contributed by atoms with van der Waals surface area (Å²) in [6.45, 7) is 2.11. The van der Waals surface area contributed by atoms with Gasteiger partial charge in [0, 0.05) is 19.3 Å². The van der Waals surface area contributed by atoms with Crippen molar-refractivity contribution in [3.63, 3.8) is 0 Å². The average molecular weight is 292 g/mol. The zero-order chi connectivity index (χ0) is 14.9. The van der Waals surface area contributed by atoms with Crippen molar-refractivity contribution >= 4 is 5.84 Å². The standard InChI is InChI=1S/C15H24N4O2/c16-15(19-20)14-12(5-4-8-18-14)11-17-9-10-21-13-6-2-1-3-7-13/h4-5,8,13,17,20H,1-3,6-7,9-11H2,(H2,16,19). The number of hydrogen-bond acceptors (Lipinski definition) is 5. The number of aromatic nitrogens is 1. The van der Waals surface area contributed by atoms with Crippen molar-refractivity contribution in [1.82, 2.24) is 10.3 Å². The van der Waals surface area contributed by atoms with Gasteiger partial charge in [0.15, 0.2) is 5.84 Å². The van der Waals surface area contributed by atoms with Crippen LogP contribution in [0.3, 0.4) is 0 Å². The number of pyridine rings is 1.